The molecule has 0 spiro atoms. The second-order valence-electron chi connectivity index (χ2n) is 5.40. The first-order chi connectivity index (χ1) is 9.65. The average molecular weight is 341 g/mol. The molecular formula is C15H25BrN4. The Morgan fingerprint density at radius 2 is 2.00 bits per heavy atom. The quantitative estimate of drug-likeness (QED) is 0.893. The van der Waals surface area contributed by atoms with E-state index >= 15 is 0 Å². The van der Waals surface area contributed by atoms with Crippen LogP contribution < -0.4 is 10.6 Å². The predicted molar refractivity (Wildman–Crippen MR) is 88.2 cm³/mol. The van der Waals surface area contributed by atoms with Crippen molar-refractivity contribution in [3.8, 4) is 0 Å². The van der Waals surface area contributed by atoms with Gasteiger partial charge in [0, 0.05) is 36.7 Å². The van der Waals surface area contributed by atoms with E-state index in [-0.39, 0.29) is 0 Å². The van der Waals surface area contributed by atoms with Crippen molar-refractivity contribution in [3.05, 3.63) is 22.3 Å². The van der Waals surface area contributed by atoms with E-state index in [9.17, 15) is 0 Å². The Kier molecular flexibility index (Phi) is 5.81. The van der Waals surface area contributed by atoms with Crippen molar-refractivity contribution in [3.63, 3.8) is 0 Å². The molecule has 1 aliphatic rings. The fourth-order valence-corrected chi connectivity index (χ4v) is 3.08. The zero-order valence-electron chi connectivity index (χ0n) is 12.5. The molecule has 112 valence electrons. The van der Waals surface area contributed by atoms with Gasteiger partial charge in [-0.2, -0.15) is 0 Å². The van der Waals surface area contributed by atoms with Crippen LogP contribution in [0.1, 0.15) is 25.5 Å². The monoisotopic (exact) mass is 340 g/mol. The molecule has 4 nitrogen and oxygen atoms in total. The third-order valence-corrected chi connectivity index (χ3v) is 4.97. The smallest absolute Gasteiger partial charge is 0.128 e. The van der Waals surface area contributed by atoms with Crippen LogP contribution in [0.25, 0.3) is 0 Å². The highest BCUT2D eigenvalue weighted by Crippen LogP contribution is 2.21. The molecule has 0 radical (unpaired) electrons. The van der Waals surface area contributed by atoms with E-state index in [0.29, 0.717) is 6.04 Å². The van der Waals surface area contributed by atoms with E-state index in [2.05, 4.69) is 49.8 Å². The fourth-order valence-electron chi connectivity index (χ4n) is 2.86. The topological polar surface area (TPSA) is 45.4 Å². The second-order valence-corrected chi connectivity index (χ2v) is 6.25. The van der Waals surface area contributed by atoms with E-state index in [1.165, 1.54) is 6.42 Å². The van der Waals surface area contributed by atoms with Crippen molar-refractivity contribution in [2.45, 2.75) is 32.7 Å². The Morgan fingerprint density at radius 3 is 2.55 bits per heavy atom. The summed E-state index contributed by atoms with van der Waals surface area (Å²) < 4.78 is 1.08. The Bertz CT molecular complexity index is 430. The number of aromatic nitrogens is 1. The lowest BCUT2D eigenvalue weighted by Gasteiger charge is -2.39. The molecule has 2 N–H and O–H groups in total. The number of rotatable bonds is 5. The van der Waals surface area contributed by atoms with Gasteiger partial charge in [0.25, 0.3) is 0 Å². The zero-order valence-corrected chi connectivity index (χ0v) is 14.1. The first-order valence-corrected chi connectivity index (χ1v) is 8.27. The number of nitrogens with two attached hydrogens (primary N) is 1. The lowest BCUT2D eigenvalue weighted by Crippen LogP contribution is -2.50. The van der Waals surface area contributed by atoms with Gasteiger partial charge in [0.2, 0.25) is 0 Å². The number of anilines is 1. The first kappa shape index (κ1) is 15.7. The lowest BCUT2D eigenvalue weighted by molar-refractivity contribution is 0.173. The number of pyridine rings is 1. The number of hydrogen-bond donors (Lipinski definition) is 1. The first-order valence-electron chi connectivity index (χ1n) is 7.48. The van der Waals surface area contributed by atoms with Crippen molar-refractivity contribution in [1.29, 1.82) is 0 Å². The standard InChI is InChI=1S/C15H25BrN4/c1-3-13(6-7-17)19-8-10-20(11-9-19)15-5-4-14(16)12(2)18-15/h4-5,13H,3,6-11,17H2,1-2H3. The number of halogens is 1. The maximum atomic E-state index is 5.71. The summed E-state index contributed by atoms with van der Waals surface area (Å²) in [6, 6.07) is 4.83. The number of nitrogens with zero attached hydrogens (tertiary/aromatic N) is 3. The highest BCUT2D eigenvalue weighted by atomic mass is 79.9. The zero-order chi connectivity index (χ0) is 14.5. The van der Waals surface area contributed by atoms with E-state index in [1.54, 1.807) is 0 Å². The minimum atomic E-state index is 0.641. The van der Waals surface area contributed by atoms with Gasteiger partial charge in [0.15, 0.2) is 0 Å². The summed E-state index contributed by atoms with van der Waals surface area (Å²) in [6.07, 6.45) is 2.29. The van der Waals surface area contributed by atoms with E-state index < -0.39 is 0 Å². The predicted octanol–water partition coefficient (Wildman–Crippen LogP) is 2.40. The molecule has 2 heterocycles. The molecule has 1 aromatic rings. The normalized spacial score (nSPS) is 18.3. The molecular weight excluding hydrogens is 316 g/mol. The van der Waals surface area contributed by atoms with Gasteiger partial charge in [-0.25, -0.2) is 4.98 Å². The molecule has 1 saturated heterocycles. The maximum absolute atomic E-state index is 5.71. The highest BCUT2D eigenvalue weighted by molar-refractivity contribution is 9.10. The molecule has 0 aliphatic carbocycles. The summed E-state index contributed by atoms with van der Waals surface area (Å²) in [5.74, 6) is 1.09. The minimum Gasteiger partial charge on any atom is -0.354 e. The largest absolute Gasteiger partial charge is 0.354 e. The van der Waals surface area contributed by atoms with Gasteiger partial charge in [-0.05, 0) is 54.4 Å². The van der Waals surface area contributed by atoms with Gasteiger partial charge >= 0.3 is 0 Å². The van der Waals surface area contributed by atoms with Crippen LogP contribution in [0.5, 0.6) is 0 Å². The number of hydrogen-bond acceptors (Lipinski definition) is 4. The third kappa shape index (κ3) is 3.71. The van der Waals surface area contributed by atoms with Crippen LogP contribution in [0.15, 0.2) is 16.6 Å². The van der Waals surface area contributed by atoms with Gasteiger partial charge in [-0.3, -0.25) is 4.90 Å². The van der Waals surface area contributed by atoms with Crippen molar-refractivity contribution < 1.29 is 0 Å². The molecule has 1 atom stereocenters. The summed E-state index contributed by atoms with van der Waals surface area (Å²) in [5, 5.41) is 0. The summed E-state index contributed by atoms with van der Waals surface area (Å²) in [7, 11) is 0. The molecule has 1 aromatic heterocycles. The summed E-state index contributed by atoms with van der Waals surface area (Å²) in [4.78, 5) is 9.62. The minimum absolute atomic E-state index is 0.641. The summed E-state index contributed by atoms with van der Waals surface area (Å²) in [6.45, 7) is 9.39. The van der Waals surface area contributed by atoms with E-state index in [4.69, 9.17) is 5.73 Å². The van der Waals surface area contributed by atoms with Crippen molar-refractivity contribution >= 4 is 21.7 Å². The van der Waals surface area contributed by atoms with Crippen LogP contribution in [0, 0.1) is 6.92 Å². The fraction of sp³-hybridized carbons (Fsp3) is 0.667. The van der Waals surface area contributed by atoms with E-state index in [1.807, 2.05) is 6.92 Å². The van der Waals surface area contributed by atoms with Gasteiger partial charge in [0.1, 0.15) is 5.82 Å². The summed E-state index contributed by atoms with van der Waals surface area (Å²) >= 11 is 3.51. The molecule has 0 amide bonds. The van der Waals surface area contributed by atoms with Crippen molar-refractivity contribution in [2.24, 2.45) is 5.73 Å². The molecule has 1 fully saturated rings. The van der Waals surface area contributed by atoms with Gasteiger partial charge in [0.05, 0.1) is 5.69 Å². The highest BCUT2D eigenvalue weighted by Gasteiger charge is 2.23. The van der Waals surface area contributed by atoms with Crippen LogP contribution in [0.3, 0.4) is 0 Å². The van der Waals surface area contributed by atoms with Crippen LogP contribution in [-0.2, 0) is 0 Å². The third-order valence-electron chi connectivity index (χ3n) is 4.13. The van der Waals surface area contributed by atoms with Gasteiger partial charge in [-0.15, -0.1) is 0 Å². The number of aryl methyl sites for hydroxylation is 1. The molecule has 5 heteroatoms. The lowest BCUT2D eigenvalue weighted by atomic mass is 10.1. The van der Waals surface area contributed by atoms with Crippen LogP contribution in [0.2, 0.25) is 0 Å². The van der Waals surface area contributed by atoms with Gasteiger partial charge < -0.3 is 10.6 Å². The maximum Gasteiger partial charge on any atom is 0.128 e. The van der Waals surface area contributed by atoms with Crippen molar-refractivity contribution in [2.75, 3.05) is 37.6 Å². The summed E-state index contributed by atoms with van der Waals surface area (Å²) in [5.41, 5.74) is 6.76. The van der Waals surface area contributed by atoms with Crippen LogP contribution >= 0.6 is 15.9 Å². The molecule has 20 heavy (non-hydrogen) atoms. The number of piperazine rings is 1. The van der Waals surface area contributed by atoms with E-state index in [0.717, 1.165) is 55.1 Å². The molecule has 0 aromatic carbocycles. The SMILES string of the molecule is CCC(CCN)N1CCN(c2ccc(Br)c(C)n2)CC1. The molecule has 2 rings (SSSR count). The Labute approximate surface area is 130 Å². The molecule has 1 unspecified atom stereocenters. The van der Waals surface area contributed by atoms with Crippen LogP contribution in [0.4, 0.5) is 5.82 Å². The molecule has 0 bridgehead atoms. The van der Waals surface area contributed by atoms with Gasteiger partial charge in [-0.1, -0.05) is 6.92 Å². The van der Waals surface area contributed by atoms with Crippen molar-refractivity contribution in [1.82, 2.24) is 9.88 Å². The Morgan fingerprint density at radius 1 is 1.30 bits per heavy atom. The Hall–Kier alpha value is -0.650. The van der Waals surface area contributed by atoms with Crippen LogP contribution in [-0.4, -0.2) is 48.6 Å². The Balaban J connectivity index is 1.95. The molecule has 1 aliphatic heterocycles. The second kappa shape index (κ2) is 7.38. The average Bonchev–Trinajstić information content (AvgIpc) is 2.48. The molecule has 0 saturated carbocycles.